The lowest BCUT2D eigenvalue weighted by atomic mass is 9.75. The molecular weight excluding hydrogens is 342 g/mol. The number of anilines is 1. The number of piperidine rings is 1. The molecule has 2 atom stereocenters. The van der Waals surface area contributed by atoms with E-state index in [0.717, 1.165) is 32.4 Å². The highest BCUT2D eigenvalue weighted by Crippen LogP contribution is 2.62. The van der Waals surface area contributed by atoms with Gasteiger partial charge in [-0.25, -0.2) is 0 Å². The zero-order valence-corrected chi connectivity index (χ0v) is 17.3. The molecule has 0 spiro atoms. The largest absolute Gasteiger partial charge is 0.393 e. The summed E-state index contributed by atoms with van der Waals surface area (Å²) in [6, 6.07) is 13.9. The van der Waals surface area contributed by atoms with Crippen LogP contribution in [0.15, 0.2) is 43.0 Å². The lowest BCUT2D eigenvalue weighted by molar-refractivity contribution is 0.145. The second-order valence-electron chi connectivity index (χ2n) is 9.47. The summed E-state index contributed by atoms with van der Waals surface area (Å²) in [4.78, 5) is 2.46. The van der Waals surface area contributed by atoms with Crippen LogP contribution in [0, 0.1) is 0 Å². The molecule has 1 N–H and O–H groups in total. The van der Waals surface area contributed by atoms with E-state index in [9.17, 15) is 5.11 Å². The van der Waals surface area contributed by atoms with Crippen LogP contribution in [0.25, 0.3) is 5.57 Å². The molecule has 0 aromatic heterocycles. The molecule has 28 heavy (non-hydrogen) atoms. The smallest absolute Gasteiger partial charge is 0.0574 e. The van der Waals surface area contributed by atoms with Crippen molar-refractivity contribution in [1.29, 1.82) is 0 Å². The molecule has 2 heteroatoms. The Morgan fingerprint density at radius 2 is 1.89 bits per heavy atom. The van der Waals surface area contributed by atoms with Crippen molar-refractivity contribution in [2.75, 3.05) is 18.0 Å². The summed E-state index contributed by atoms with van der Waals surface area (Å²) in [7, 11) is 0. The summed E-state index contributed by atoms with van der Waals surface area (Å²) >= 11 is 0. The molecule has 2 aliphatic carbocycles. The molecule has 1 aliphatic heterocycles. The Kier molecular flexibility index (Phi) is 4.00. The van der Waals surface area contributed by atoms with Crippen LogP contribution in [0.2, 0.25) is 0 Å². The van der Waals surface area contributed by atoms with E-state index in [0.29, 0.717) is 11.8 Å². The Morgan fingerprint density at radius 3 is 2.61 bits per heavy atom. The summed E-state index contributed by atoms with van der Waals surface area (Å²) in [6.07, 6.45) is 2.69. The van der Waals surface area contributed by atoms with Gasteiger partial charge in [-0.1, -0.05) is 57.7 Å². The van der Waals surface area contributed by atoms with Crippen LogP contribution in [0.5, 0.6) is 0 Å². The molecule has 0 bridgehead atoms. The summed E-state index contributed by atoms with van der Waals surface area (Å²) in [5.74, 6) is 1.05. The minimum Gasteiger partial charge on any atom is -0.393 e. The molecule has 146 valence electrons. The normalized spacial score (nSPS) is 26.5. The molecule has 0 saturated carbocycles. The van der Waals surface area contributed by atoms with E-state index in [4.69, 9.17) is 0 Å². The maximum atomic E-state index is 9.92. The molecule has 0 amide bonds. The first-order valence-electron chi connectivity index (χ1n) is 10.8. The zero-order valence-electron chi connectivity index (χ0n) is 17.3. The van der Waals surface area contributed by atoms with Crippen LogP contribution >= 0.6 is 0 Å². The summed E-state index contributed by atoms with van der Waals surface area (Å²) in [6.45, 7) is 13.5. The molecule has 0 radical (unpaired) electrons. The number of aliphatic hydroxyl groups is 1. The predicted molar refractivity (Wildman–Crippen MR) is 117 cm³/mol. The molecule has 5 rings (SSSR count). The standard InChI is InChI=1S/C26H31NO/c1-16(2)18-8-9-22-19(14-18)15-23-21-6-5-7-24(25(21)17(3)26(22,23)4)27-12-10-20(28)11-13-27/h5-9,14,16,20,23,28H,3,10-13,15H2,1-2,4H3. The van der Waals surface area contributed by atoms with Gasteiger partial charge in [-0.3, -0.25) is 0 Å². The van der Waals surface area contributed by atoms with Gasteiger partial charge >= 0.3 is 0 Å². The molecule has 2 unspecified atom stereocenters. The van der Waals surface area contributed by atoms with Crippen LogP contribution < -0.4 is 4.90 Å². The Hall–Kier alpha value is -2.06. The maximum Gasteiger partial charge on any atom is 0.0574 e. The number of allylic oxidation sites excluding steroid dienone is 1. The highest BCUT2D eigenvalue weighted by atomic mass is 16.3. The zero-order chi connectivity index (χ0) is 19.6. The average molecular weight is 374 g/mol. The van der Waals surface area contributed by atoms with Gasteiger partial charge in [0.05, 0.1) is 6.10 Å². The van der Waals surface area contributed by atoms with E-state index in [1.165, 1.54) is 39.1 Å². The van der Waals surface area contributed by atoms with Gasteiger partial charge in [0.15, 0.2) is 0 Å². The van der Waals surface area contributed by atoms with Gasteiger partial charge in [0.25, 0.3) is 0 Å². The third-order valence-electron chi connectivity index (χ3n) is 7.66. The van der Waals surface area contributed by atoms with E-state index in [-0.39, 0.29) is 11.5 Å². The Bertz CT molecular complexity index is 951. The van der Waals surface area contributed by atoms with Crippen LogP contribution in [0.1, 0.15) is 73.3 Å². The number of aliphatic hydroxyl groups excluding tert-OH is 1. The van der Waals surface area contributed by atoms with Crippen LogP contribution in [-0.2, 0) is 11.8 Å². The Morgan fingerprint density at radius 1 is 1.14 bits per heavy atom. The quantitative estimate of drug-likeness (QED) is 0.762. The maximum absolute atomic E-state index is 9.92. The van der Waals surface area contributed by atoms with Gasteiger partial charge in [0.1, 0.15) is 0 Å². The van der Waals surface area contributed by atoms with Crippen molar-refractivity contribution >= 4 is 11.3 Å². The van der Waals surface area contributed by atoms with Crippen molar-refractivity contribution in [2.45, 2.75) is 63.4 Å². The van der Waals surface area contributed by atoms with E-state index < -0.39 is 0 Å². The third-order valence-corrected chi connectivity index (χ3v) is 7.66. The minimum absolute atomic E-state index is 0.00141. The second kappa shape index (κ2) is 6.22. The van der Waals surface area contributed by atoms with Gasteiger partial charge in [-0.2, -0.15) is 0 Å². The SMILES string of the molecule is C=C1c2c(cccc2N2CCC(O)CC2)C2Cc3cc(C(C)C)ccc3C12C. The number of fused-ring (bicyclic) bond motifs is 5. The summed E-state index contributed by atoms with van der Waals surface area (Å²) in [5.41, 5.74) is 9.88. The van der Waals surface area contributed by atoms with Crippen molar-refractivity contribution in [3.8, 4) is 0 Å². The second-order valence-corrected chi connectivity index (χ2v) is 9.47. The fraction of sp³-hybridized carbons (Fsp3) is 0.462. The first-order chi connectivity index (χ1) is 13.4. The summed E-state index contributed by atoms with van der Waals surface area (Å²) < 4.78 is 0. The van der Waals surface area contributed by atoms with Crippen molar-refractivity contribution in [2.24, 2.45) is 0 Å². The third kappa shape index (κ3) is 2.37. The van der Waals surface area contributed by atoms with Gasteiger partial charge in [-0.15, -0.1) is 0 Å². The molecule has 2 nitrogen and oxygen atoms in total. The fourth-order valence-corrected chi connectivity index (χ4v) is 5.86. The van der Waals surface area contributed by atoms with E-state index >= 15 is 0 Å². The highest BCUT2D eigenvalue weighted by Gasteiger charge is 2.52. The van der Waals surface area contributed by atoms with E-state index in [2.05, 4.69) is 68.6 Å². The molecule has 1 heterocycles. The highest BCUT2D eigenvalue weighted by molar-refractivity contribution is 5.90. The number of rotatable bonds is 2. The molecule has 1 fully saturated rings. The van der Waals surface area contributed by atoms with Gasteiger partial charge in [-0.05, 0) is 59.1 Å². The Balaban J connectivity index is 1.58. The molecule has 1 saturated heterocycles. The molecular formula is C26H31NO. The average Bonchev–Trinajstić information content (AvgIpc) is 3.11. The lowest BCUT2D eigenvalue weighted by Gasteiger charge is -2.34. The van der Waals surface area contributed by atoms with Crippen molar-refractivity contribution in [1.82, 2.24) is 0 Å². The lowest BCUT2D eigenvalue weighted by Crippen LogP contribution is -2.36. The molecule has 2 aromatic rings. The van der Waals surface area contributed by atoms with Crippen molar-refractivity contribution in [3.05, 3.63) is 70.8 Å². The van der Waals surface area contributed by atoms with Crippen LogP contribution in [0.3, 0.4) is 0 Å². The Labute approximate surface area is 168 Å². The first-order valence-corrected chi connectivity index (χ1v) is 10.8. The number of hydrogen-bond donors (Lipinski definition) is 1. The minimum atomic E-state index is -0.143. The fourth-order valence-electron chi connectivity index (χ4n) is 5.86. The van der Waals surface area contributed by atoms with Crippen LogP contribution in [0.4, 0.5) is 5.69 Å². The molecule has 2 aromatic carbocycles. The van der Waals surface area contributed by atoms with E-state index in [1.54, 1.807) is 0 Å². The van der Waals surface area contributed by atoms with E-state index in [1.807, 2.05) is 0 Å². The van der Waals surface area contributed by atoms with Crippen LogP contribution in [-0.4, -0.2) is 24.3 Å². The predicted octanol–water partition coefficient (Wildman–Crippen LogP) is 5.40. The topological polar surface area (TPSA) is 23.5 Å². The van der Waals surface area contributed by atoms with Gasteiger partial charge in [0, 0.05) is 35.7 Å². The molecule has 3 aliphatic rings. The number of benzene rings is 2. The van der Waals surface area contributed by atoms with Crippen molar-refractivity contribution in [3.63, 3.8) is 0 Å². The van der Waals surface area contributed by atoms with Gasteiger partial charge in [0.2, 0.25) is 0 Å². The summed E-state index contributed by atoms with van der Waals surface area (Å²) in [5, 5.41) is 9.92. The van der Waals surface area contributed by atoms with Gasteiger partial charge < -0.3 is 10.0 Å². The first kappa shape index (κ1) is 18.0. The van der Waals surface area contributed by atoms with Crippen molar-refractivity contribution < 1.29 is 5.11 Å². The monoisotopic (exact) mass is 373 g/mol. The number of hydrogen-bond acceptors (Lipinski definition) is 2. The number of nitrogens with zero attached hydrogens (tertiary/aromatic N) is 1.